The van der Waals surface area contributed by atoms with Gasteiger partial charge in [0.25, 0.3) is 0 Å². The van der Waals surface area contributed by atoms with Crippen molar-refractivity contribution in [2.24, 2.45) is 11.8 Å². The van der Waals surface area contributed by atoms with Crippen LogP contribution < -0.4 is 5.32 Å². The molecule has 1 fully saturated rings. The third-order valence-electron chi connectivity index (χ3n) is 2.63. The van der Waals surface area contributed by atoms with Gasteiger partial charge in [-0.1, -0.05) is 0 Å². The average molecular weight is 243 g/mol. The first-order chi connectivity index (χ1) is 7.79. The molecule has 1 atom stereocenters. The van der Waals surface area contributed by atoms with Gasteiger partial charge >= 0.3 is 12.1 Å². The van der Waals surface area contributed by atoms with Gasteiger partial charge in [-0.15, -0.1) is 0 Å². The Morgan fingerprint density at radius 1 is 1.41 bits per heavy atom. The van der Waals surface area contributed by atoms with E-state index in [0.29, 0.717) is 18.9 Å². The van der Waals surface area contributed by atoms with Crippen molar-refractivity contribution < 1.29 is 19.4 Å². The molecule has 1 rings (SSSR count). The third kappa shape index (κ3) is 5.56. The van der Waals surface area contributed by atoms with Gasteiger partial charge in [-0.2, -0.15) is 0 Å². The predicted molar refractivity (Wildman–Crippen MR) is 62.7 cm³/mol. The largest absolute Gasteiger partial charge is 0.481 e. The van der Waals surface area contributed by atoms with E-state index < -0.39 is 17.7 Å². The van der Waals surface area contributed by atoms with Crippen LogP contribution in [0.4, 0.5) is 4.79 Å². The number of nitrogens with one attached hydrogen (secondary N) is 1. The Balaban J connectivity index is 2.22. The first kappa shape index (κ1) is 13.8. The maximum atomic E-state index is 11.3. The van der Waals surface area contributed by atoms with Crippen LogP contribution in [0.1, 0.15) is 40.0 Å². The van der Waals surface area contributed by atoms with Crippen LogP contribution >= 0.6 is 0 Å². The Morgan fingerprint density at radius 3 is 2.41 bits per heavy atom. The van der Waals surface area contributed by atoms with E-state index >= 15 is 0 Å². The lowest BCUT2D eigenvalue weighted by atomic mass is 10.0. The SMILES string of the molecule is CC(C)(C)OC(=O)NCCC(C(=O)O)C1CC1. The van der Waals surface area contributed by atoms with Gasteiger partial charge in [-0.05, 0) is 46.0 Å². The minimum absolute atomic E-state index is 0.299. The molecule has 0 aliphatic heterocycles. The van der Waals surface area contributed by atoms with Gasteiger partial charge in [0.2, 0.25) is 0 Å². The normalized spacial score (nSPS) is 17.4. The zero-order valence-electron chi connectivity index (χ0n) is 10.7. The first-order valence-corrected chi connectivity index (χ1v) is 5.99. The number of aliphatic carboxylic acids is 1. The number of carboxylic acids is 1. The van der Waals surface area contributed by atoms with E-state index in [4.69, 9.17) is 9.84 Å². The molecule has 0 heterocycles. The molecule has 0 aromatic rings. The molecule has 1 saturated carbocycles. The highest BCUT2D eigenvalue weighted by molar-refractivity contribution is 5.71. The fourth-order valence-electron chi connectivity index (χ4n) is 1.70. The maximum Gasteiger partial charge on any atom is 0.407 e. The standard InChI is InChI=1S/C12H21NO4/c1-12(2,3)17-11(16)13-7-6-9(10(14)15)8-4-5-8/h8-9H,4-7H2,1-3H3,(H,13,16)(H,14,15). The molecule has 1 aliphatic rings. The number of alkyl carbamates (subject to hydrolysis) is 1. The van der Waals surface area contributed by atoms with Crippen LogP contribution in [0.25, 0.3) is 0 Å². The van der Waals surface area contributed by atoms with Crippen molar-refractivity contribution in [1.82, 2.24) is 5.32 Å². The molecular weight excluding hydrogens is 222 g/mol. The molecule has 98 valence electrons. The van der Waals surface area contributed by atoms with Gasteiger partial charge in [-0.25, -0.2) is 4.79 Å². The molecular formula is C12H21NO4. The molecule has 1 unspecified atom stereocenters. The molecule has 0 radical (unpaired) electrons. The lowest BCUT2D eigenvalue weighted by Gasteiger charge is -2.20. The Hall–Kier alpha value is -1.26. The van der Waals surface area contributed by atoms with Crippen LogP contribution in [0.15, 0.2) is 0 Å². The smallest absolute Gasteiger partial charge is 0.407 e. The van der Waals surface area contributed by atoms with Gasteiger partial charge in [0.15, 0.2) is 0 Å². The zero-order chi connectivity index (χ0) is 13.1. The second-order valence-electron chi connectivity index (χ2n) is 5.50. The quantitative estimate of drug-likeness (QED) is 0.774. The third-order valence-corrected chi connectivity index (χ3v) is 2.63. The van der Waals surface area contributed by atoms with E-state index in [2.05, 4.69) is 5.32 Å². The fraction of sp³-hybridized carbons (Fsp3) is 0.833. The van der Waals surface area contributed by atoms with E-state index in [9.17, 15) is 9.59 Å². The summed E-state index contributed by atoms with van der Waals surface area (Å²) in [6, 6.07) is 0. The molecule has 0 aromatic carbocycles. The molecule has 2 N–H and O–H groups in total. The monoisotopic (exact) mass is 243 g/mol. The summed E-state index contributed by atoms with van der Waals surface area (Å²) in [5.41, 5.74) is -0.521. The number of carboxylic acid groups (broad SMARTS) is 1. The molecule has 0 saturated heterocycles. The number of ether oxygens (including phenoxy) is 1. The van der Waals surface area contributed by atoms with Gasteiger partial charge in [0, 0.05) is 6.54 Å². The van der Waals surface area contributed by atoms with E-state index in [0.717, 1.165) is 12.8 Å². The number of carbonyl (C=O) groups is 2. The number of hydrogen-bond donors (Lipinski definition) is 2. The van der Waals surface area contributed by atoms with E-state index in [1.54, 1.807) is 20.8 Å². The molecule has 1 amide bonds. The summed E-state index contributed by atoms with van der Waals surface area (Å²) in [4.78, 5) is 22.3. The highest BCUT2D eigenvalue weighted by Crippen LogP contribution is 2.38. The van der Waals surface area contributed by atoms with Crippen LogP contribution in [-0.2, 0) is 9.53 Å². The summed E-state index contributed by atoms with van der Waals surface area (Å²) < 4.78 is 5.06. The van der Waals surface area contributed by atoms with Crippen molar-refractivity contribution in [3.63, 3.8) is 0 Å². The number of rotatable bonds is 5. The summed E-state index contributed by atoms with van der Waals surface area (Å²) in [6.45, 7) is 5.72. The Morgan fingerprint density at radius 2 is 2.00 bits per heavy atom. The fourth-order valence-corrected chi connectivity index (χ4v) is 1.70. The van der Waals surface area contributed by atoms with Crippen LogP contribution in [0, 0.1) is 11.8 Å². The van der Waals surface area contributed by atoms with Gasteiger partial charge in [0.1, 0.15) is 5.60 Å². The predicted octanol–water partition coefficient (Wildman–Crippen LogP) is 2.01. The van der Waals surface area contributed by atoms with Gasteiger partial charge in [-0.3, -0.25) is 4.79 Å². The highest BCUT2D eigenvalue weighted by atomic mass is 16.6. The maximum absolute atomic E-state index is 11.3. The summed E-state index contributed by atoms with van der Waals surface area (Å²) in [5, 5.41) is 11.6. The summed E-state index contributed by atoms with van der Waals surface area (Å²) in [6.07, 6.45) is 1.96. The van der Waals surface area contributed by atoms with Crippen LogP contribution in [0.3, 0.4) is 0 Å². The topological polar surface area (TPSA) is 75.6 Å². The summed E-state index contributed by atoms with van der Waals surface area (Å²) in [7, 11) is 0. The Bertz CT molecular complexity index is 291. The van der Waals surface area contributed by atoms with Crippen LogP contribution in [-0.4, -0.2) is 29.3 Å². The highest BCUT2D eigenvalue weighted by Gasteiger charge is 2.35. The Labute approximate surface area is 102 Å². The van der Waals surface area contributed by atoms with E-state index in [1.807, 2.05) is 0 Å². The molecule has 0 aromatic heterocycles. The minimum Gasteiger partial charge on any atom is -0.481 e. The molecule has 5 nitrogen and oxygen atoms in total. The Kier molecular flexibility index (Phi) is 4.37. The van der Waals surface area contributed by atoms with Gasteiger partial charge < -0.3 is 15.2 Å². The van der Waals surface area contributed by atoms with Crippen molar-refractivity contribution in [3.05, 3.63) is 0 Å². The van der Waals surface area contributed by atoms with Crippen molar-refractivity contribution in [3.8, 4) is 0 Å². The summed E-state index contributed by atoms with van der Waals surface area (Å²) >= 11 is 0. The van der Waals surface area contributed by atoms with Crippen molar-refractivity contribution in [1.29, 1.82) is 0 Å². The number of amides is 1. The van der Waals surface area contributed by atoms with Crippen LogP contribution in [0.2, 0.25) is 0 Å². The molecule has 1 aliphatic carbocycles. The van der Waals surface area contributed by atoms with E-state index in [1.165, 1.54) is 0 Å². The van der Waals surface area contributed by atoms with Crippen LogP contribution in [0.5, 0.6) is 0 Å². The molecule has 5 heteroatoms. The number of hydrogen-bond acceptors (Lipinski definition) is 3. The van der Waals surface area contributed by atoms with Crippen molar-refractivity contribution in [2.45, 2.75) is 45.6 Å². The van der Waals surface area contributed by atoms with E-state index in [-0.39, 0.29) is 5.92 Å². The molecule has 0 bridgehead atoms. The second kappa shape index (κ2) is 5.38. The number of carbonyl (C=O) groups excluding carboxylic acids is 1. The average Bonchev–Trinajstić information content (AvgIpc) is 2.91. The lowest BCUT2D eigenvalue weighted by Crippen LogP contribution is -2.34. The van der Waals surface area contributed by atoms with Crippen molar-refractivity contribution in [2.75, 3.05) is 6.54 Å². The summed E-state index contributed by atoms with van der Waals surface area (Å²) in [5.74, 6) is -0.795. The second-order valence-corrected chi connectivity index (χ2v) is 5.50. The van der Waals surface area contributed by atoms with Crippen molar-refractivity contribution >= 4 is 12.1 Å². The molecule has 17 heavy (non-hydrogen) atoms. The lowest BCUT2D eigenvalue weighted by molar-refractivity contribution is -0.142. The first-order valence-electron chi connectivity index (χ1n) is 5.99. The molecule has 0 spiro atoms. The van der Waals surface area contributed by atoms with Gasteiger partial charge in [0.05, 0.1) is 5.92 Å². The minimum atomic E-state index is -0.765. The zero-order valence-corrected chi connectivity index (χ0v) is 10.7.